The monoisotopic (exact) mass is 288 g/mol. The van der Waals surface area contributed by atoms with E-state index in [2.05, 4.69) is 37.4 Å². The zero-order valence-electron chi connectivity index (χ0n) is 13.1. The van der Waals surface area contributed by atoms with Gasteiger partial charge in [-0.1, -0.05) is 19.1 Å². The molecule has 1 saturated heterocycles. The van der Waals surface area contributed by atoms with Crippen LogP contribution in [0.25, 0.3) is 0 Å². The Morgan fingerprint density at radius 2 is 2.24 bits per heavy atom. The Labute approximate surface area is 126 Å². The van der Waals surface area contributed by atoms with Gasteiger partial charge in [-0.3, -0.25) is 4.79 Å². The average molecular weight is 288 g/mol. The van der Waals surface area contributed by atoms with Gasteiger partial charge >= 0.3 is 0 Å². The molecule has 0 aromatic heterocycles. The Bertz CT molecular complexity index is 544. The van der Waals surface area contributed by atoms with Crippen molar-refractivity contribution in [2.75, 3.05) is 18.5 Å². The molecule has 2 heterocycles. The average Bonchev–Trinajstić information content (AvgIpc) is 3.01. The van der Waals surface area contributed by atoms with Gasteiger partial charge in [0.15, 0.2) is 0 Å². The highest BCUT2D eigenvalue weighted by molar-refractivity contribution is 6.00. The van der Waals surface area contributed by atoms with E-state index >= 15 is 0 Å². The lowest BCUT2D eigenvalue weighted by Crippen LogP contribution is -2.32. The first-order chi connectivity index (χ1) is 10.1. The molecule has 114 valence electrons. The smallest absolute Gasteiger partial charge is 0.231 e. The van der Waals surface area contributed by atoms with E-state index in [1.54, 1.807) is 4.90 Å². The van der Waals surface area contributed by atoms with E-state index in [0.717, 1.165) is 30.6 Å². The molecule has 3 unspecified atom stereocenters. The predicted octanol–water partition coefficient (Wildman–Crippen LogP) is 2.42. The molecule has 1 amide bonds. The van der Waals surface area contributed by atoms with Crippen LogP contribution in [0.15, 0.2) is 18.2 Å². The molecule has 1 N–H and O–H groups in total. The SMILES string of the molecule is CCNC(c1ccc2c(c1)CC(=O)N2C)C1CCC(C)O1. The summed E-state index contributed by atoms with van der Waals surface area (Å²) in [4.78, 5) is 13.6. The van der Waals surface area contributed by atoms with E-state index in [-0.39, 0.29) is 18.1 Å². The fraction of sp³-hybridized carbons (Fsp3) is 0.588. The van der Waals surface area contributed by atoms with Crippen LogP contribution in [0.1, 0.15) is 43.9 Å². The Morgan fingerprint density at radius 1 is 1.43 bits per heavy atom. The third-order valence-electron chi connectivity index (χ3n) is 4.60. The second-order valence-corrected chi connectivity index (χ2v) is 6.12. The first-order valence-corrected chi connectivity index (χ1v) is 7.88. The Balaban J connectivity index is 1.87. The number of fused-ring (bicyclic) bond motifs is 1. The van der Waals surface area contributed by atoms with Crippen LogP contribution in [0.2, 0.25) is 0 Å². The number of nitrogens with one attached hydrogen (secondary N) is 1. The molecule has 0 spiro atoms. The molecule has 2 aliphatic heterocycles. The van der Waals surface area contributed by atoms with Crippen LogP contribution >= 0.6 is 0 Å². The molecule has 1 aromatic carbocycles. The molecule has 0 saturated carbocycles. The lowest BCUT2D eigenvalue weighted by Gasteiger charge is -2.25. The Hall–Kier alpha value is -1.39. The van der Waals surface area contributed by atoms with Crippen LogP contribution in [0.5, 0.6) is 0 Å². The highest BCUT2D eigenvalue weighted by Gasteiger charge is 2.31. The number of likely N-dealkylation sites (N-methyl/N-ethyl adjacent to an activating group) is 2. The summed E-state index contributed by atoms with van der Waals surface area (Å²) in [5.41, 5.74) is 3.41. The van der Waals surface area contributed by atoms with E-state index < -0.39 is 0 Å². The molecule has 2 aliphatic rings. The Kier molecular flexibility index (Phi) is 4.00. The summed E-state index contributed by atoms with van der Waals surface area (Å²) in [5.74, 6) is 0.174. The molecule has 1 fully saturated rings. The van der Waals surface area contributed by atoms with Crippen molar-refractivity contribution in [2.45, 2.75) is 51.4 Å². The van der Waals surface area contributed by atoms with Gasteiger partial charge in [0.25, 0.3) is 0 Å². The van der Waals surface area contributed by atoms with Crippen LogP contribution in [0.3, 0.4) is 0 Å². The van der Waals surface area contributed by atoms with Gasteiger partial charge in [0.2, 0.25) is 5.91 Å². The van der Waals surface area contributed by atoms with E-state index in [1.165, 1.54) is 5.56 Å². The first-order valence-electron chi connectivity index (χ1n) is 7.88. The second kappa shape index (κ2) is 5.78. The summed E-state index contributed by atoms with van der Waals surface area (Å²) in [6.07, 6.45) is 3.31. The number of hydrogen-bond acceptors (Lipinski definition) is 3. The molecule has 21 heavy (non-hydrogen) atoms. The minimum Gasteiger partial charge on any atom is -0.373 e. The summed E-state index contributed by atoms with van der Waals surface area (Å²) in [6.45, 7) is 5.17. The maximum atomic E-state index is 11.8. The lowest BCUT2D eigenvalue weighted by molar-refractivity contribution is -0.117. The molecule has 0 aliphatic carbocycles. The van der Waals surface area contributed by atoms with Crippen LogP contribution in [0, 0.1) is 0 Å². The number of amides is 1. The third-order valence-corrected chi connectivity index (χ3v) is 4.60. The summed E-state index contributed by atoms with van der Waals surface area (Å²) in [7, 11) is 1.84. The van der Waals surface area contributed by atoms with Gasteiger partial charge in [-0.2, -0.15) is 0 Å². The van der Waals surface area contributed by atoms with Crippen molar-refractivity contribution in [1.29, 1.82) is 0 Å². The van der Waals surface area contributed by atoms with Gasteiger partial charge in [0.05, 0.1) is 24.7 Å². The van der Waals surface area contributed by atoms with Crippen LogP contribution < -0.4 is 10.2 Å². The summed E-state index contributed by atoms with van der Waals surface area (Å²) < 4.78 is 6.05. The van der Waals surface area contributed by atoms with Crippen LogP contribution in [0.4, 0.5) is 5.69 Å². The highest BCUT2D eigenvalue weighted by Crippen LogP contribution is 2.34. The molecule has 3 atom stereocenters. The van der Waals surface area contributed by atoms with Crippen molar-refractivity contribution in [3.63, 3.8) is 0 Å². The number of hydrogen-bond donors (Lipinski definition) is 1. The molecule has 0 radical (unpaired) electrons. The fourth-order valence-corrected chi connectivity index (χ4v) is 3.45. The van der Waals surface area contributed by atoms with Crippen molar-refractivity contribution in [2.24, 2.45) is 0 Å². The van der Waals surface area contributed by atoms with E-state index in [4.69, 9.17) is 4.74 Å². The van der Waals surface area contributed by atoms with Crippen molar-refractivity contribution < 1.29 is 9.53 Å². The molecule has 0 bridgehead atoms. The molecular formula is C17H24N2O2. The summed E-state index contributed by atoms with van der Waals surface area (Å²) >= 11 is 0. The molecule has 1 aromatic rings. The maximum absolute atomic E-state index is 11.8. The minimum absolute atomic E-state index is 0.174. The summed E-state index contributed by atoms with van der Waals surface area (Å²) in [5, 5.41) is 3.55. The van der Waals surface area contributed by atoms with Crippen LogP contribution in [-0.2, 0) is 16.0 Å². The zero-order chi connectivity index (χ0) is 15.0. The van der Waals surface area contributed by atoms with Gasteiger partial charge in [0, 0.05) is 12.7 Å². The van der Waals surface area contributed by atoms with Crippen molar-refractivity contribution in [3.05, 3.63) is 29.3 Å². The number of nitrogens with zero attached hydrogens (tertiary/aromatic N) is 1. The quantitative estimate of drug-likeness (QED) is 0.925. The maximum Gasteiger partial charge on any atom is 0.231 e. The van der Waals surface area contributed by atoms with Crippen molar-refractivity contribution >= 4 is 11.6 Å². The van der Waals surface area contributed by atoms with E-state index in [9.17, 15) is 4.79 Å². The van der Waals surface area contributed by atoms with Crippen molar-refractivity contribution in [3.8, 4) is 0 Å². The van der Waals surface area contributed by atoms with Crippen molar-refractivity contribution in [1.82, 2.24) is 5.32 Å². The third kappa shape index (κ3) is 2.70. The largest absolute Gasteiger partial charge is 0.373 e. The zero-order valence-corrected chi connectivity index (χ0v) is 13.1. The molecule has 4 heteroatoms. The Morgan fingerprint density at radius 3 is 2.90 bits per heavy atom. The molecule has 3 rings (SSSR count). The van der Waals surface area contributed by atoms with Gasteiger partial charge in [0.1, 0.15) is 0 Å². The van der Waals surface area contributed by atoms with Gasteiger partial charge in [-0.15, -0.1) is 0 Å². The number of benzene rings is 1. The number of rotatable bonds is 4. The first kappa shape index (κ1) is 14.5. The van der Waals surface area contributed by atoms with Gasteiger partial charge < -0.3 is 15.0 Å². The lowest BCUT2D eigenvalue weighted by atomic mass is 9.96. The topological polar surface area (TPSA) is 41.6 Å². The normalized spacial score (nSPS) is 26.2. The molecule has 4 nitrogen and oxygen atoms in total. The second-order valence-electron chi connectivity index (χ2n) is 6.12. The number of carbonyl (C=O) groups excluding carboxylic acids is 1. The number of anilines is 1. The van der Waals surface area contributed by atoms with Gasteiger partial charge in [-0.05, 0) is 43.5 Å². The standard InChI is InChI=1S/C17H24N2O2/c1-4-18-17(15-8-5-11(2)21-15)12-6-7-14-13(9-12)10-16(20)19(14)3/h6-7,9,11,15,17-18H,4-5,8,10H2,1-3H3. The van der Waals surface area contributed by atoms with Gasteiger partial charge in [-0.25, -0.2) is 0 Å². The number of ether oxygens (including phenoxy) is 1. The predicted molar refractivity (Wildman–Crippen MR) is 83.5 cm³/mol. The minimum atomic E-state index is 0.174. The van der Waals surface area contributed by atoms with E-state index in [0.29, 0.717) is 12.5 Å². The highest BCUT2D eigenvalue weighted by atomic mass is 16.5. The molecular weight excluding hydrogens is 264 g/mol. The number of carbonyl (C=O) groups is 1. The van der Waals surface area contributed by atoms with E-state index in [1.807, 2.05) is 7.05 Å². The fourth-order valence-electron chi connectivity index (χ4n) is 3.45. The van der Waals surface area contributed by atoms with Crippen LogP contribution in [-0.4, -0.2) is 31.7 Å². The summed E-state index contributed by atoms with van der Waals surface area (Å²) in [6, 6.07) is 6.59.